The summed E-state index contributed by atoms with van der Waals surface area (Å²) in [4.78, 5) is 0. The van der Waals surface area contributed by atoms with Crippen molar-refractivity contribution in [2.45, 2.75) is 13.8 Å². The van der Waals surface area contributed by atoms with Crippen LogP contribution in [0.3, 0.4) is 0 Å². The van der Waals surface area contributed by atoms with Crippen LogP contribution in [-0.4, -0.2) is 0 Å². The average Bonchev–Trinajstić information content (AvgIpc) is 2.92. The molecule has 0 bridgehead atoms. The molecule has 5 rings (SSSR count). The largest absolute Gasteiger partial charge is 0.0622 e. The van der Waals surface area contributed by atoms with E-state index in [2.05, 4.69) is 159 Å². The highest BCUT2D eigenvalue weighted by Gasteiger charge is 2.05. The monoisotopic (exact) mass is 462 g/mol. The van der Waals surface area contributed by atoms with Crippen LogP contribution in [0.2, 0.25) is 0 Å². The van der Waals surface area contributed by atoms with Gasteiger partial charge in [0.25, 0.3) is 0 Å². The molecule has 0 radical (unpaired) electrons. The highest BCUT2D eigenvalue weighted by Crippen LogP contribution is 2.27. The fourth-order valence-corrected chi connectivity index (χ4v) is 4.59. The van der Waals surface area contributed by atoms with Crippen molar-refractivity contribution in [1.82, 2.24) is 0 Å². The van der Waals surface area contributed by atoms with Crippen molar-refractivity contribution >= 4 is 23.8 Å². The molecule has 0 N–H and O–H groups in total. The Bertz CT molecular complexity index is 1420. The Kier molecular flexibility index (Phi) is 7.05. The Morgan fingerprint density at radius 2 is 0.889 bits per heavy atom. The Balaban J connectivity index is 1.36. The van der Waals surface area contributed by atoms with Crippen molar-refractivity contribution in [2.24, 2.45) is 0 Å². The number of aryl methyl sites for hydroxylation is 2. The third-order valence-electron chi connectivity index (χ3n) is 6.35. The maximum absolute atomic E-state index is 2.27. The van der Waals surface area contributed by atoms with E-state index in [1.165, 1.54) is 55.6 Å². The van der Waals surface area contributed by atoms with Gasteiger partial charge in [-0.1, -0.05) is 151 Å². The summed E-state index contributed by atoms with van der Waals surface area (Å²) in [6.07, 6.45) is 6.64. The van der Waals surface area contributed by atoms with E-state index in [0.717, 1.165) is 0 Å². The van der Waals surface area contributed by atoms with Gasteiger partial charge in [-0.05, 0) is 64.4 Å². The third kappa shape index (κ3) is 5.79. The predicted octanol–water partition coefficient (Wildman–Crippen LogP) is 9.73. The number of hydrogen-bond donors (Lipinski definition) is 0. The first-order valence-corrected chi connectivity index (χ1v) is 12.4. The van der Waals surface area contributed by atoms with Crippen LogP contribution in [0.15, 0.2) is 127 Å². The van der Waals surface area contributed by atoms with E-state index >= 15 is 0 Å². The maximum atomic E-state index is 2.27. The van der Waals surface area contributed by atoms with E-state index in [1.807, 2.05) is 0 Å². The molecule has 0 spiro atoms. The fraction of sp³-hybridized carbons (Fsp3) is 0.0556. The summed E-state index contributed by atoms with van der Waals surface area (Å²) in [7, 11) is 0. The minimum absolute atomic E-state index is 1.19. The Hall–Kier alpha value is -4.42. The van der Waals surface area contributed by atoms with Crippen molar-refractivity contribution in [3.8, 4) is 11.1 Å². The molecule has 0 heteroatoms. The quantitative estimate of drug-likeness (QED) is 0.220. The first-order chi connectivity index (χ1) is 17.6. The smallest absolute Gasteiger partial charge is 0.0105 e. The van der Waals surface area contributed by atoms with Crippen LogP contribution in [0.1, 0.15) is 38.9 Å². The maximum Gasteiger partial charge on any atom is -0.0105 e. The van der Waals surface area contributed by atoms with Crippen LogP contribution < -0.4 is 0 Å². The van der Waals surface area contributed by atoms with E-state index < -0.39 is 0 Å². The minimum Gasteiger partial charge on any atom is -0.0622 e. The minimum atomic E-state index is 1.19. The van der Waals surface area contributed by atoms with Crippen molar-refractivity contribution < 1.29 is 0 Å². The number of rotatable bonds is 6. The molecule has 0 aliphatic heterocycles. The van der Waals surface area contributed by atoms with Crippen molar-refractivity contribution in [2.75, 3.05) is 0 Å². The molecule has 0 unspecified atom stereocenters. The van der Waals surface area contributed by atoms with Gasteiger partial charge in [-0.3, -0.25) is 0 Å². The lowest BCUT2D eigenvalue weighted by Gasteiger charge is -2.09. The molecule has 5 aromatic rings. The Morgan fingerprint density at radius 3 is 1.39 bits per heavy atom. The van der Waals surface area contributed by atoms with Gasteiger partial charge in [0.2, 0.25) is 0 Å². The van der Waals surface area contributed by atoms with Gasteiger partial charge < -0.3 is 0 Å². The van der Waals surface area contributed by atoms with Gasteiger partial charge in [0.15, 0.2) is 0 Å². The van der Waals surface area contributed by atoms with Crippen LogP contribution in [0.25, 0.3) is 34.9 Å². The molecular formula is C36H30. The summed E-state index contributed by atoms with van der Waals surface area (Å²) in [6, 6.07) is 45.4. The highest BCUT2D eigenvalue weighted by atomic mass is 14.1. The Labute approximate surface area is 214 Å². The molecule has 0 nitrogen and oxygen atoms in total. The van der Waals surface area contributed by atoms with E-state index in [0.29, 0.717) is 0 Å². The summed E-state index contributed by atoms with van der Waals surface area (Å²) >= 11 is 0. The normalized spacial score (nSPS) is 10.9. The molecule has 0 saturated heterocycles. The van der Waals surface area contributed by atoms with E-state index in [4.69, 9.17) is 0 Å². The lowest BCUT2D eigenvalue weighted by molar-refractivity contribution is 1.37. The van der Waals surface area contributed by atoms with Crippen molar-refractivity contribution in [3.05, 3.63) is 166 Å². The van der Waals surface area contributed by atoms with Gasteiger partial charge in [-0.15, -0.1) is 0 Å². The van der Waals surface area contributed by atoms with E-state index in [9.17, 15) is 0 Å². The second-order valence-electron chi connectivity index (χ2n) is 9.29. The first kappa shape index (κ1) is 23.3. The lowest BCUT2D eigenvalue weighted by Crippen LogP contribution is -1.88. The fourth-order valence-electron chi connectivity index (χ4n) is 4.59. The predicted molar refractivity (Wildman–Crippen MR) is 157 cm³/mol. The van der Waals surface area contributed by atoms with Gasteiger partial charge in [-0.2, -0.15) is 0 Å². The molecule has 0 aliphatic carbocycles. The zero-order valence-electron chi connectivity index (χ0n) is 20.9. The zero-order chi connectivity index (χ0) is 24.7. The van der Waals surface area contributed by atoms with Gasteiger partial charge in [0.1, 0.15) is 0 Å². The van der Waals surface area contributed by atoms with Crippen LogP contribution in [0.4, 0.5) is 0 Å². The molecule has 0 aliphatic rings. The summed E-state index contributed by atoms with van der Waals surface area (Å²) < 4.78 is 0. The molecule has 0 saturated carbocycles. The SMILES string of the molecule is Cc1cc(C)cc(/C=C/c2ccc(-c3ccc(C=C(c4ccccc4)c4ccccc4)cc3)cc2)c1. The summed E-state index contributed by atoms with van der Waals surface area (Å²) in [6.45, 7) is 4.29. The molecule has 36 heavy (non-hydrogen) atoms. The average molecular weight is 463 g/mol. The van der Waals surface area contributed by atoms with Crippen LogP contribution in [0, 0.1) is 13.8 Å². The second-order valence-corrected chi connectivity index (χ2v) is 9.29. The second kappa shape index (κ2) is 10.9. The molecule has 0 amide bonds. The van der Waals surface area contributed by atoms with Crippen molar-refractivity contribution in [3.63, 3.8) is 0 Å². The molecule has 174 valence electrons. The molecule has 0 heterocycles. The lowest BCUT2D eigenvalue weighted by atomic mass is 9.95. The van der Waals surface area contributed by atoms with Crippen LogP contribution >= 0.6 is 0 Å². The van der Waals surface area contributed by atoms with Gasteiger partial charge in [0, 0.05) is 0 Å². The Morgan fingerprint density at radius 1 is 0.444 bits per heavy atom. The number of hydrogen-bond acceptors (Lipinski definition) is 0. The first-order valence-electron chi connectivity index (χ1n) is 12.4. The van der Waals surface area contributed by atoms with Crippen LogP contribution in [0.5, 0.6) is 0 Å². The summed E-state index contributed by atoms with van der Waals surface area (Å²) in [5.41, 5.74) is 12.3. The molecule has 5 aromatic carbocycles. The summed E-state index contributed by atoms with van der Waals surface area (Å²) in [5.74, 6) is 0. The topological polar surface area (TPSA) is 0 Å². The molecular weight excluding hydrogens is 432 g/mol. The van der Waals surface area contributed by atoms with Gasteiger partial charge >= 0.3 is 0 Å². The third-order valence-corrected chi connectivity index (χ3v) is 6.35. The molecule has 0 atom stereocenters. The van der Waals surface area contributed by atoms with Gasteiger partial charge in [-0.25, -0.2) is 0 Å². The van der Waals surface area contributed by atoms with Gasteiger partial charge in [0.05, 0.1) is 0 Å². The number of benzene rings is 5. The van der Waals surface area contributed by atoms with Crippen LogP contribution in [-0.2, 0) is 0 Å². The molecule has 0 fully saturated rings. The summed E-state index contributed by atoms with van der Waals surface area (Å²) in [5, 5.41) is 0. The van der Waals surface area contributed by atoms with E-state index in [1.54, 1.807) is 0 Å². The van der Waals surface area contributed by atoms with Crippen molar-refractivity contribution in [1.29, 1.82) is 0 Å². The zero-order valence-corrected chi connectivity index (χ0v) is 20.9. The standard InChI is InChI=1S/C36H30/c1-27-23-28(2)25-31(24-27)14-13-29-15-19-32(20-16-29)33-21-17-30(18-22-33)26-36(34-9-5-3-6-10-34)35-11-7-4-8-12-35/h3-26H,1-2H3/b14-13+. The van der Waals surface area contributed by atoms with E-state index in [-0.39, 0.29) is 0 Å². The molecule has 0 aromatic heterocycles. The highest BCUT2D eigenvalue weighted by molar-refractivity contribution is 5.91.